The van der Waals surface area contributed by atoms with Crippen molar-refractivity contribution in [3.8, 4) is 6.07 Å². The third kappa shape index (κ3) is 3.31. The van der Waals surface area contributed by atoms with Crippen molar-refractivity contribution in [1.29, 1.82) is 5.26 Å². The zero-order valence-corrected chi connectivity index (χ0v) is 16.1. The van der Waals surface area contributed by atoms with E-state index in [2.05, 4.69) is 0 Å². The number of amides is 1. The van der Waals surface area contributed by atoms with E-state index in [-0.39, 0.29) is 25.1 Å². The maximum absolute atomic E-state index is 13.3. The lowest BCUT2D eigenvalue weighted by Gasteiger charge is -2.28. The number of hydrogen-bond donors (Lipinski definition) is 0. The Kier molecular flexibility index (Phi) is 4.79. The number of carbonyl (C=O) groups is 2. The standard InChI is InChI=1S/C21H13ClF3N3O2/c22-14-5-6-17-16(9-14)15-7-8-27(20(30)21(23,24)25)11-18(15)28(17)19(29)13-3-1-12(10-26)2-4-13/h1-6,9H,7-8,11H2. The third-order valence-electron chi connectivity index (χ3n) is 5.11. The van der Waals surface area contributed by atoms with Gasteiger partial charge in [0.15, 0.2) is 0 Å². The highest BCUT2D eigenvalue weighted by atomic mass is 35.5. The second-order valence-corrected chi connectivity index (χ2v) is 7.33. The fraction of sp³-hybridized carbons (Fsp3) is 0.190. The van der Waals surface area contributed by atoms with E-state index in [0.717, 1.165) is 0 Å². The quantitative estimate of drug-likeness (QED) is 0.577. The minimum atomic E-state index is -4.99. The summed E-state index contributed by atoms with van der Waals surface area (Å²) in [4.78, 5) is 25.7. The number of hydrogen-bond acceptors (Lipinski definition) is 3. The lowest BCUT2D eigenvalue weighted by Crippen LogP contribution is -2.44. The summed E-state index contributed by atoms with van der Waals surface area (Å²) >= 11 is 6.10. The van der Waals surface area contributed by atoms with Crippen LogP contribution in [0, 0.1) is 11.3 Å². The van der Waals surface area contributed by atoms with E-state index in [1.807, 2.05) is 6.07 Å². The number of fused-ring (bicyclic) bond motifs is 3. The van der Waals surface area contributed by atoms with Crippen molar-refractivity contribution in [3.05, 3.63) is 69.9 Å². The summed E-state index contributed by atoms with van der Waals surface area (Å²) < 4.78 is 40.2. The van der Waals surface area contributed by atoms with E-state index >= 15 is 0 Å². The predicted molar refractivity (Wildman–Crippen MR) is 103 cm³/mol. The van der Waals surface area contributed by atoms with Gasteiger partial charge in [-0.3, -0.25) is 14.2 Å². The third-order valence-corrected chi connectivity index (χ3v) is 5.34. The van der Waals surface area contributed by atoms with Crippen LogP contribution in [0.2, 0.25) is 5.02 Å². The monoisotopic (exact) mass is 431 g/mol. The first-order chi connectivity index (χ1) is 14.2. The first kappa shape index (κ1) is 20.0. The molecule has 1 aromatic heterocycles. The molecule has 0 atom stereocenters. The molecule has 9 heteroatoms. The normalized spacial score (nSPS) is 13.8. The molecule has 2 aromatic carbocycles. The molecule has 0 N–H and O–H groups in total. The molecule has 5 nitrogen and oxygen atoms in total. The van der Waals surface area contributed by atoms with Crippen LogP contribution in [0.15, 0.2) is 42.5 Å². The van der Waals surface area contributed by atoms with Crippen LogP contribution in [0.3, 0.4) is 0 Å². The summed E-state index contributed by atoms with van der Waals surface area (Å²) in [6, 6.07) is 12.8. The number of carbonyl (C=O) groups excluding carboxylic acids is 2. The first-order valence-corrected chi connectivity index (χ1v) is 9.31. The molecule has 0 spiro atoms. The van der Waals surface area contributed by atoms with Gasteiger partial charge in [-0.25, -0.2) is 0 Å². The Labute approximate surface area is 173 Å². The lowest BCUT2D eigenvalue weighted by molar-refractivity contribution is -0.186. The largest absolute Gasteiger partial charge is 0.471 e. The fourth-order valence-corrected chi connectivity index (χ4v) is 3.91. The van der Waals surface area contributed by atoms with Crippen LogP contribution in [-0.2, 0) is 17.8 Å². The molecule has 30 heavy (non-hydrogen) atoms. The highest BCUT2D eigenvalue weighted by Gasteiger charge is 2.44. The van der Waals surface area contributed by atoms with E-state index in [1.165, 1.54) is 28.8 Å². The van der Waals surface area contributed by atoms with Gasteiger partial charge in [0.05, 0.1) is 23.7 Å². The number of halogens is 4. The molecule has 152 valence electrons. The molecule has 0 fully saturated rings. The van der Waals surface area contributed by atoms with Crippen LogP contribution in [0.1, 0.15) is 27.2 Å². The van der Waals surface area contributed by atoms with Gasteiger partial charge in [-0.05, 0) is 54.4 Å². The zero-order valence-electron chi connectivity index (χ0n) is 15.3. The molecular formula is C21H13ClF3N3O2. The highest BCUT2D eigenvalue weighted by molar-refractivity contribution is 6.31. The van der Waals surface area contributed by atoms with Crippen LogP contribution in [-0.4, -0.2) is 34.0 Å². The van der Waals surface area contributed by atoms with Crippen LogP contribution >= 0.6 is 11.6 Å². The van der Waals surface area contributed by atoms with Gasteiger partial charge >= 0.3 is 12.1 Å². The summed E-state index contributed by atoms with van der Waals surface area (Å²) in [7, 11) is 0. The maximum Gasteiger partial charge on any atom is 0.471 e. The van der Waals surface area contributed by atoms with Gasteiger partial charge in [0.25, 0.3) is 5.91 Å². The molecule has 1 aliphatic heterocycles. The van der Waals surface area contributed by atoms with Crippen molar-refractivity contribution < 1.29 is 22.8 Å². The maximum atomic E-state index is 13.3. The summed E-state index contributed by atoms with van der Waals surface area (Å²) in [5, 5.41) is 10.0. The second kappa shape index (κ2) is 7.18. The Morgan fingerprint density at radius 2 is 1.80 bits per heavy atom. The number of nitrogens with zero attached hydrogens (tertiary/aromatic N) is 3. The minimum absolute atomic E-state index is 0.109. The molecule has 2 heterocycles. The van der Waals surface area contributed by atoms with Gasteiger partial charge < -0.3 is 4.90 Å². The molecule has 1 amide bonds. The Hall–Kier alpha value is -3.31. The fourth-order valence-electron chi connectivity index (χ4n) is 3.73. The molecule has 0 bridgehead atoms. The number of alkyl halides is 3. The van der Waals surface area contributed by atoms with Crippen LogP contribution in [0.25, 0.3) is 10.9 Å². The Balaban J connectivity index is 1.86. The van der Waals surface area contributed by atoms with Crippen molar-refractivity contribution in [2.24, 2.45) is 0 Å². The van der Waals surface area contributed by atoms with Crippen molar-refractivity contribution >= 4 is 34.3 Å². The smallest absolute Gasteiger partial charge is 0.329 e. The summed E-state index contributed by atoms with van der Waals surface area (Å²) in [5.74, 6) is -2.40. The zero-order chi connectivity index (χ0) is 21.6. The average molecular weight is 432 g/mol. The second-order valence-electron chi connectivity index (χ2n) is 6.89. The number of aromatic nitrogens is 1. The Bertz CT molecular complexity index is 1220. The van der Waals surface area contributed by atoms with Gasteiger partial charge in [-0.2, -0.15) is 18.4 Å². The van der Waals surface area contributed by atoms with Gasteiger partial charge in [0.1, 0.15) is 0 Å². The van der Waals surface area contributed by atoms with E-state index in [0.29, 0.717) is 37.6 Å². The van der Waals surface area contributed by atoms with Gasteiger partial charge in [0, 0.05) is 28.2 Å². The summed E-state index contributed by atoms with van der Waals surface area (Å²) in [6.07, 6.45) is -4.82. The molecule has 3 aromatic rings. The first-order valence-electron chi connectivity index (χ1n) is 8.93. The molecule has 0 saturated heterocycles. The SMILES string of the molecule is N#Cc1ccc(C(=O)n2c3c(c4cc(Cl)ccc42)CCN(C(=O)C(F)(F)F)C3)cc1. The van der Waals surface area contributed by atoms with E-state index in [1.54, 1.807) is 18.2 Å². The van der Waals surface area contributed by atoms with Crippen molar-refractivity contribution in [1.82, 2.24) is 9.47 Å². The van der Waals surface area contributed by atoms with Crippen molar-refractivity contribution in [3.63, 3.8) is 0 Å². The highest BCUT2D eigenvalue weighted by Crippen LogP contribution is 2.34. The van der Waals surface area contributed by atoms with Crippen LogP contribution in [0.5, 0.6) is 0 Å². The van der Waals surface area contributed by atoms with Gasteiger partial charge in [-0.1, -0.05) is 11.6 Å². The predicted octanol–water partition coefficient (Wildman–Crippen LogP) is 4.30. The van der Waals surface area contributed by atoms with Crippen molar-refractivity contribution in [2.45, 2.75) is 19.1 Å². The Morgan fingerprint density at radius 1 is 1.10 bits per heavy atom. The Morgan fingerprint density at radius 3 is 2.43 bits per heavy atom. The number of benzene rings is 2. The van der Waals surface area contributed by atoms with E-state index < -0.39 is 18.0 Å². The summed E-state index contributed by atoms with van der Waals surface area (Å²) in [6.45, 7) is -0.454. The molecule has 0 unspecified atom stereocenters. The minimum Gasteiger partial charge on any atom is -0.329 e. The molecule has 4 rings (SSSR count). The van der Waals surface area contributed by atoms with Gasteiger partial charge in [-0.15, -0.1) is 0 Å². The topological polar surface area (TPSA) is 66.1 Å². The molecular weight excluding hydrogens is 419 g/mol. The molecule has 0 aliphatic carbocycles. The van der Waals surface area contributed by atoms with Crippen LogP contribution in [0.4, 0.5) is 13.2 Å². The van der Waals surface area contributed by atoms with Gasteiger partial charge in [0.2, 0.25) is 0 Å². The molecule has 1 aliphatic rings. The van der Waals surface area contributed by atoms with E-state index in [9.17, 15) is 22.8 Å². The van der Waals surface area contributed by atoms with Crippen molar-refractivity contribution in [2.75, 3.05) is 6.54 Å². The molecule has 0 saturated carbocycles. The molecule has 0 radical (unpaired) electrons. The van der Waals surface area contributed by atoms with E-state index in [4.69, 9.17) is 16.9 Å². The lowest BCUT2D eigenvalue weighted by atomic mass is 10.0. The average Bonchev–Trinajstić information content (AvgIpc) is 3.04. The summed E-state index contributed by atoms with van der Waals surface area (Å²) in [5.41, 5.74) is 2.16. The number of nitriles is 1. The number of rotatable bonds is 1. The van der Waals surface area contributed by atoms with Crippen LogP contribution < -0.4 is 0 Å².